The number of aromatic carboxylic acids is 1. The van der Waals surface area contributed by atoms with Gasteiger partial charge in [0.25, 0.3) is 0 Å². The van der Waals surface area contributed by atoms with Crippen LogP contribution in [0.15, 0.2) is 18.2 Å². The highest BCUT2D eigenvalue weighted by atomic mass is 16.4. The number of carboxylic acid groups (broad SMARTS) is 1. The van der Waals surface area contributed by atoms with Crippen LogP contribution < -0.4 is 5.73 Å². The predicted octanol–water partition coefficient (Wildman–Crippen LogP) is 2.33. The molecule has 0 aliphatic rings. The Kier molecular flexibility index (Phi) is 3.29. The number of anilines is 1. The first-order chi connectivity index (χ1) is 8.95. The van der Waals surface area contributed by atoms with Crippen LogP contribution in [0.3, 0.4) is 0 Å². The zero-order chi connectivity index (χ0) is 14.2. The number of aryl methyl sites for hydroxylation is 1. The normalized spacial score (nSPS) is 10.7. The Morgan fingerprint density at radius 2 is 2.11 bits per heavy atom. The minimum absolute atomic E-state index is 0.112. The van der Waals surface area contributed by atoms with Crippen molar-refractivity contribution >= 4 is 11.7 Å². The second-order valence-electron chi connectivity index (χ2n) is 4.49. The van der Waals surface area contributed by atoms with Gasteiger partial charge in [-0.25, -0.2) is 9.48 Å². The molecular weight excluding hydrogens is 242 g/mol. The van der Waals surface area contributed by atoms with E-state index in [2.05, 4.69) is 12.0 Å². The van der Waals surface area contributed by atoms with Gasteiger partial charge in [-0.1, -0.05) is 6.92 Å². The highest BCUT2D eigenvalue weighted by Gasteiger charge is 2.13. The molecule has 19 heavy (non-hydrogen) atoms. The van der Waals surface area contributed by atoms with Gasteiger partial charge in [0, 0.05) is 11.4 Å². The number of nitrogen functional groups attached to an aromatic ring is 1. The first kappa shape index (κ1) is 13.1. The summed E-state index contributed by atoms with van der Waals surface area (Å²) in [6.07, 6.45) is 0.917. The molecule has 0 unspecified atom stereocenters. The Morgan fingerprint density at radius 3 is 2.58 bits per heavy atom. The molecule has 0 aliphatic carbocycles. The van der Waals surface area contributed by atoms with Crippen molar-refractivity contribution in [1.29, 1.82) is 0 Å². The smallest absolute Gasteiger partial charge is 0.337 e. The van der Waals surface area contributed by atoms with Gasteiger partial charge >= 0.3 is 5.97 Å². The van der Waals surface area contributed by atoms with Crippen LogP contribution in [0, 0.1) is 13.8 Å². The van der Waals surface area contributed by atoms with E-state index in [1.54, 1.807) is 16.8 Å². The first-order valence-corrected chi connectivity index (χ1v) is 6.14. The molecule has 0 saturated heterocycles. The lowest BCUT2D eigenvalue weighted by molar-refractivity contribution is 0.0698. The molecule has 0 fully saturated rings. The standard InChI is InChI=1S/C14H17N3O2/c1-4-11-8(2)16-17(9(11)3)10-5-6-12(14(18)19)13(15)7-10/h5-7H,4,15H2,1-3H3,(H,18,19). The molecule has 0 atom stereocenters. The summed E-state index contributed by atoms with van der Waals surface area (Å²) in [7, 11) is 0. The fourth-order valence-electron chi connectivity index (χ4n) is 2.31. The summed E-state index contributed by atoms with van der Waals surface area (Å²) >= 11 is 0. The quantitative estimate of drug-likeness (QED) is 0.829. The zero-order valence-electron chi connectivity index (χ0n) is 11.3. The number of benzene rings is 1. The van der Waals surface area contributed by atoms with Gasteiger partial charge in [0.15, 0.2) is 0 Å². The summed E-state index contributed by atoms with van der Waals surface area (Å²) in [6, 6.07) is 4.87. The third-order valence-electron chi connectivity index (χ3n) is 3.30. The summed E-state index contributed by atoms with van der Waals surface area (Å²) in [5.74, 6) is -1.02. The minimum Gasteiger partial charge on any atom is -0.478 e. The summed E-state index contributed by atoms with van der Waals surface area (Å²) < 4.78 is 1.80. The van der Waals surface area contributed by atoms with Crippen LogP contribution in [0.25, 0.3) is 5.69 Å². The minimum atomic E-state index is -1.02. The van der Waals surface area contributed by atoms with Gasteiger partial charge in [0.05, 0.1) is 16.9 Å². The topological polar surface area (TPSA) is 81.1 Å². The van der Waals surface area contributed by atoms with Gasteiger partial charge in [-0.3, -0.25) is 0 Å². The second kappa shape index (κ2) is 4.76. The van der Waals surface area contributed by atoms with E-state index in [0.29, 0.717) is 0 Å². The molecule has 2 rings (SSSR count). The molecule has 100 valence electrons. The van der Waals surface area contributed by atoms with Crippen LogP contribution in [0.1, 0.15) is 34.2 Å². The third kappa shape index (κ3) is 2.19. The Balaban J connectivity index is 2.54. The van der Waals surface area contributed by atoms with Crippen molar-refractivity contribution in [2.24, 2.45) is 0 Å². The Morgan fingerprint density at radius 1 is 1.42 bits per heavy atom. The number of hydrogen-bond donors (Lipinski definition) is 2. The monoisotopic (exact) mass is 259 g/mol. The van der Waals surface area contributed by atoms with Crippen molar-refractivity contribution in [3.63, 3.8) is 0 Å². The van der Waals surface area contributed by atoms with Gasteiger partial charge in [0.2, 0.25) is 0 Å². The molecule has 5 heteroatoms. The van der Waals surface area contributed by atoms with E-state index in [1.165, 1.54) is 11.6 Å². The fourth-order valence-corrected chi connectivity index (χ4v) is 2.31. The van der Waals surface area contributed by atoms with Gasteiger partial charge in [-0.15, -0.1) is 0 Å². The van der Waals surface area contributed by atoms with Gasteiger partial charge < -0.3 is 10.8 Å². The predicted molar refractivity (Wildman–Crippen MR) is 73.8 cm³/mol. The lowest BCUT2D eigenvalue weighted by Gasteiger charge is -2.07. The molecule has 0 bridgehead atoms. The maximum Gasteiger partial charge on any atom is 0.337 e. The van der Waals surface area contributed by atoms with Crippen LogP contribution in [0.4, 0.5) is 5.69 Å². The van der Waals surface area contributed by atoms with Crippen LogP contribution in [-0.2, 0) is 6.42 Å². The molecule has 0 saturated carbocycles. The molecule has 0 spiro atoms. The van der Waals surface area contributed by atoms with Gasteiger partial charge in [0.1, 0.15) is 0 Å². The maximum absolute atomic E-state index is 10.9. The van der Waals surface area contributed by atoms with Crippen molar-refractivity contribution in [3.05, 3.63) is 40.7 Å². The van der Waals surface area contributed by atoms with Gasteiger partial charge in [-0.05, 0) is 44.0 Å². The average Bonchev–Trinajstić information content (AvgIpc) is 2.63. The third-order valence-corrected chi connectivity index (χ3v) is 3.30. The molecule has 0 radical (unpaired) electrons. The lowest BCUT2D eigenvalue weighted by Crippen LogP contribution is -2.05. The lowest BCUT2D eigenvalue weighted by atomic mass is 10.1. The number of hydrogen-bond acceptors (Lipinski definition) is 3. The number of aromatic nitrogens is 2. The highest BCUT2D eigenvalue weighted by Crippen LogP contribution is 2.21. The molecule has 0 aliphatic heterocycles. The molecule has 2 aromatic rings. The number of rotatable bonds is 3. The Labute approximate surface area is 111 Å². The summed E-state index contributed by atoms with van der Waals surface area (Å²) in [4.78, 5) is 10.9. The molecule has 1 aromatic heterocycles. The number of nitrogens with zero attached hydrogens (tertiary/aromatic N) is 2. The van der Waals surface area contributed by atoms with Crippen LogP contribution in [-0.4, -0.2) is 20.9 Å². The van der Waals surface area contributed by atoms with Crippen molar-refractivity contribution in [3.8, 4) is 5.69 Å². The Bertz CT molecular complexity index is 644. The largest absolute Gasteiger partial charge is 0.478 e. The number of carboxylic acids is 1. The summed E-state index contributed by atoms with van der Waals surface area (Å²) in [5, 5.41) is 13.4. The van der Waals surface area contributed by atoms with E-state index in [1.807, 2.05) is 13.8 Å². The Hall–Kier alpha value is -2.30. The van der Waals surface area contributed by atoms with Crippen LogP contribution in [0.2, 0.25) is 0 Å². The first-order valence-electron chi connectivity index (χ1n) is 6.14. The fraction of sp³-hybridized carbons (Fsp3) is 0.286. The van der Waals surface area contributed by atoms with Crippen LogP contribution in [0.5, 0.6) is 0 Å². The van der Waals surface area contributed by atoms with Crippen molar-refractivity contribution in [2.75, 3.05) is 5.73 Å². The zero-order valence-corrected chi connectivity index (χ0v) is 11.3. The van der Waals surface area contributed by atoms with E-state index < -0.39 is 5.97 Å². The SMILES string of the molecule is CCc1c(C)nn(-c2ccc(C(=O)O)c(N)c2)c1C. The van der Waals surface area contributed by atoms with E-state index in [9.17, 15) is 4.79 Å². The van der Waals surface area contributed by atoms with E-state index in [4.69, 9.17) is 10.8 Å². The van der Waals surface area contributed by atoms with Crippen LogP contribution >= 0.6 is 0 Å². The van der Waals surface area contributed by atoms with Crippen molar-refractivity contribution < 1.29 is 9.90 Å². The van der Waals surface area contributed by atoms with Crippen molar-refractivity contribution in [1.82, 2.24) is 9.78 Å². The summed E-state index contributed by atoms with van der Waals surface area (Å²) in [6.45, 7) is 6.06. The van der Waals surface area contributed by atoms with Gasteiger partial charge in [-0.2, -0.15) is 5.10 Å². The van der Waals surface area contributed by atoms with E-state index in [0.717, 1.165) is 23.5 Å². The summed E-state index contributed by atoms with van der Waals surface area (Å²) in [5.41, 5.74) is 10.2. The molecular formula is C14H17N3O2. The average molecular weight is 259 g/mol. The molecule has 0 amide bonds. The van der Waals surface area contributed by atoms with E-state index in [-0.39, 0.29) is 11.3 Å². The van der Waals surface area contributed by atoms with Crippen molar-refractivity contribution in [2.45, 2.75) is 27.2 Å². The molecule has 5 nitrogen and oxygen atoms in total. The maximum atomic E-state index is 10.9. The highest BCUT2D eigenvalue weighted by molar-refractivity contribution is 5.94. The molecule has 1 heterocycles. The number of carbonyl (C=O) groups is 1. The van der Waals surface area contributed by atoms with E-state index >= 15 is 0 Å². The molecule has 3 N–H and O–H groups in total. The molecule has 1 aromatic carbocycles. The second-order valence-corrected chi connectivity index (χ2v) is 4.49. The number of nitrogens with two attached hydrogens (primary N) is 1.